The van der Waals surface area contributed by atoms with Crippen LogP contribution in [0.1, 0.15) is 6.42 Å². The molecule has 0 aromatic heterocycles. The van der Waals surface area contributed by atoms with Gasteiger partial charge >= 0.3 is 0 Å². The molecule has 0 aliphatic carbocycles. The van der Waals surface area contributed by atoms with E-state index in [1.54, 1.807) is 0 Å². The zero-order chi connectivity index (χ0) is 9.10. The van der Waals surface area contributed by atoms with Crippen molar-refractivity contribution in [3.05, 3.63) is 25.1 Å². The fourth-order valence-corrected chi connectivity index (χ4v) is 1.22. The van der Waals surface area contributed by atoms with Gasteiger partial charge in [0.15, 0.2) is 11.5 Å². The van der Waals surface area contributed by atoms with Gasteiger partial charge < -0.3 is 14.8 Å². The van der Waals surface area contributed by atoms with E-state index in [1.807, 2.05) is 18.2 Å². The van der Waals surface area contributed by atoms with Crippen LogP contribution in [-0.2, 0) is 0 Å². The number of hydrogen-bond acceptors (Lipinski definition) is 3. The molecule has 1 aliphatic rings. The van der Waals surface area contributed by atoms with Gasteiger partial charge in [-0.25, -0.2) is 0 Å². The highest BCUT2D eigenvalue weighted by Crippen LogP contribution is 2.34. The van der Waals surface area contributed by atoms with Crippen LogP contribution in [0.25, 0.3) is 0 Å². The van der Waals surface area contributed by atoms with Crippen LogP contribution in [0.3, 0.4) is 0 Å². The van der Waals surface area contributed by atoms with E-state index in [0.29, 0.717) is 13.2 Å². The molecule has 2 radical (unpaired) electrons. The van der Waals surface area contributed by atoms with E-state index in [0.717, 1.165) is 23.7 Å². The maximum absolute atomic E-state index is 5.37. The molecule has 0 atom stereocenters. The molecular formula is C10H11NO2. The Morgan fingerprint density at radius 1 is 1.31 bits per heavy atom. The summed E-state index contributed by atoms with van der Waals surface area (Å²) in [6.07, 6.45) is 0.619. The van der Waals surface area contributed by atoms with Crippen molar-refractivity contribution in [2.24, 2.45) is 0 Å². The standard InChI is InChI=1S/C10H11NO2/c1-2-5-11-8-3-4-9-10(6-8)13-7-12-9/h1,3-4,6,11H,2,5,7H2. The number of nitrogens with one attached hydrogen (secondary N) is 1. The van der Waals surface area contributed by atoms with E-state index < -0.39 is 0 Å². The van der Waals surface area contributed by atoms with Crippen molar-refractivity contribution in [1.82, 2.24) is 0 Å². The van der Waals surface area contributed by atoms with Gasteiger partial charge in [-0.05, 0) is 25.5 Å². The predicted molar refractivity (Wildman–Crippen MR) is 50.0 cm³/mol. The fraction of sp³-hybridized carbons (Fsp3) is 0.300. The number of benzene rings is 1. The molecule has 1 aromatic rings. The second kappa shape index (κ2) is 3.56. The molecule has 0 bridgehead atoms. The molecule has 13 heavy (non-hydrogen) atoms. The smallest absolute Gasteiger partial charge is 0.231 e. The molecule has 1 N–H and O–H groups in total. The normalized spacial score (nSPS) is 13.0. The maximum Gasteiger partial charge on any atom is 0.231 e. The Labute approximate surface area is 77.7 Å². The zero-order valence-electron chi connectivity index (χ0n) is 7.25. The molecule has 3 heteroatoms. The van der Waals surface area contributed by atoms with Crippen LogP contribution in [0.5, 0.6) is 11.5 Å². The third-order valence-electron chi connectivity index (χ3n) is 1.85. The summed E-state index contributed by atoms with van der Waals surface area (Å²) in [5.74, 6) is 1.60. The van der Waals surface area contributed by atoms with E-state index in [1.165, 1.54) is 0 Å². The molecule has 0 fully saturated rings. The van der Waals surface area contributed by atoms with Gasteiger partial charge in [0.2, 0.25) is 6.79 Å². The Hall–Kier alpha value is -1.38. The van der Waals surface area contributed by atoms with Crippen molar-refractivity contribution in [3.63, 3.8) is 0 Å². The fourth-order valence-electron chi connectivity index (χ4n) is 1.22. The molecule has 0 saturated heterocycles. The molecule has 1 aromatic carbocycles. The van der Waals surface area contributed by atoms with Gasteiger partial charge in [-0.2, -0.15) is 0 Å². The number of fused-ring (bicyclic) bond motifs is 1. The summed E-state index contributed by atoms with van der Waals surface area (Å²) in [6, 6.07) is 5.75. The summed E-state index contributed by atoms with van der Waals surface area (Å²) < 4.78 is 10.4. The van der Waals surface area contributed by atoms with Crippen LogP contribution < -0.4 is 14.8 Å². The van der Waals surface area contributed by atoms with Crippen LogP contribution in [0, 0.1) is 6.92 Å². The van der Waals surface area contributed by atoms with Crippen LogP contribution >= 0.6 is 0 Å². The highest BCUT2D eigenvalue weighted by molar-refractivity contribution is 5.55. The molecular weight excluding hydrogens is 166 g/mol. The lowest BCUT2D eigenvalue weighted by molar-refractivity contribution is 0.174. The average Bonchev–Trinajstić information content (AvgIpc) is 2.61. The largest absolute Gasteiger partial charge is 0.454 e. The number of rotatable bonds is 3. The van der Waals surface area contributed by atoms with Crippen LogP contribution in [0.15, 0.2) is 18.2 Å². The first-order valence-corrected chi connectivity index (χ1v) is 4.24. The van der Waals surface area contributed by atoms with Gasteiger partial charge in [0.05, 0.1) is 0 Å². The SMILES string of the molecule is [CH]CCNc1ccc2c(c1)OCO2. The monoisotopic (exact) mass is 177 g/mol. The van der Waals surface area contributed by atoms with Crippen LogP contribution in [-0.4, -0.2) is 13.3 Å². The molecule has 0 unspecified atom stereocenters. The van der Waals surface area contributed by atoms with Crippen LogP contribution in [0.4, 0.5) is 5.69 Å². The highest BCUT2D eigenvalue weighted by Gasteiger charge is 2.12. The summed E-state index contributed by atoms with van der Waals surface area (Å²) >= 11 is 0. The Morgan fingerprint density at radius 2 is 2.15 bits per heavy atom. The molecule has 3 nitrogen and oxygen atoms in total. The Bertz CT molecular complexity index is 299. The summed E-state index contributed by atoms with van der Waals surface area (Å²) in [7, 11) is 0. The van der Waals surface area contributed by atoms with Gasteiger partial charge in [0.1, 0.15) is 0 Å². The minimum Gasteiger partial charge on any atom is -0.454 e. The van der Waals surface area contributed by atoms with E-state index in [4.69, 9.17) is 16.4 Å². The Balaban J connectivity index is 2.12. The summed E-state index contributed by atoms with van der Waals surface area (Å²) in [4.78, 5) is 0. The van der Waals surface area contributed by atoms with Crippen molar-refractivity contribution in [2.75, 3.05) is 18.7 Å². The van der Waals surface area contributed by atoms with Crippen molar-refractivity contribution in [1.29, 1.82) is 0 Å². The second-order valence-corrected chi connectivity index (χ2v) is 2.78. The summed E-state index contributed by atoms with van der Waals surface area (Å²) in [6.45, 7) is 6.45. The van der Waals surface area contributed by atoms with E-state index >= 15 is 0 Å². The lowest BCUT2D eigenvalue weighted by atomic mass is 10.2. The minimum atomic E-state index is 0.315. The minimum absolute atomic E-state index is 0.315. The zero-order valence-corrected chi connectivity index (χ0v) is 7.25. The third-order valence-corrected chi connectivity index (χ3v) is 1.85. The van der Waals surface area contributed by atoms with Crippen molar-refractivity contribution >= 4 is 5.69 Å². The van der Waals surface area contributed by atoms with Crippen molar-refractivity contribution in [3.8, 4) is 11.5 Å². The van der Waals surface area contributed by atoms with E-state index in [-0.39, 0.29) is 0 Å². The number of anilines is 1. The lowest BCUT2D eigenvalue weighted by Crippen LogP contribution is -1.99. The molecule has 1 aliphatic heterocycles. The van der Waals surface area contributed by atoms with Gasteiger partial charge in [-0.15, -0.1) is 0 Å². The Kier molecular flexibility index (Phi) is 2.25. The first-order chi connectivity index (χ1) is 6.40. The lowest BCUT2D eigenvalue weighted by Gasteiger charge is -2.04. The van der Waals surface area contributed by atoms with Gasteiger partial charge in [-0.3, -0.25) is 0 Å². The van der Waals surface area contributed by atoms with Gasteiger partial charge in [0, 0.05) is 18.3 Å². The predicted octanol–water partition coefficient (Wildman–Crippen LogP) is 1.93. The Morgan fingerprint density at radius 3 is 3.00 bits per heavy atom. The molecule has 0 spiro atoms. The molecule has 2 rings (SSSR count). The van der Waals surface area contributed by atoms with E-state index in [9.17, 15) is 0 Å². The average molecular weight is 177 g/mol. The third kappa shape index (κ3) is 1.69. The molecule has 0 amide bonds. The van der Waals surface area contributed by atoms with Crippen LogP contribution in [0.2, 0.25) is 0 Å². The van der Waals surface area contributed by atoms with Crippen molar-refractivity contribution < 1.29 is 9.47 Å². The maximum atomic E-state index is 5.37. The topological polar surface area (TPSA) is 30.5 Å². The molecule has 68 valence electrons. The van der Waals surface area contributed by atoms with Gasteiger partial charge in [-0.1, -0.05) is 0 Å². The summed E-state index contributed by atoms with van der Waals surface area (Å²) in [5, 5.41) is 3.16. The number of ether oxygens (including phenoxy) is 2. The number of hydrogen-bond donors (Lipinski definition) is 1. The molecule has 1 heterocycles. The quantitative estimate of drug-likeness (QED) is 0.765. The van der Waals surface area contributed by atoms with Gasteiger partial charge in [0.25, 0.3) is 0 Å². The van der Waals surface area contributed by atoms with Crippen molar-refractivity contribution in [2.45, 2.75) is 6.42 Å². The highest BCUT2D eigenvalue weighted by atomic mass is 16.7. The first kappa shape index (κ1) is 8.23. The molecule has 0 saturated carbocycles. The van der Waals surface area contributed by atoms with E-state index in [2.05, 4.69) is 5.32 Å². The summed E-state index contributed by atoms with van der Waals surface area (Å²) in [5.41, 5.74) is 1.01. The first-order valence-electron chi connectivity index (χ1n) is 4.24. The second-order valence-electron chi connectivity index (χ2n) is 2.78.